The van der Waals surface area contributed by atoms with Gasteiger partial charge in [0.25, 0.3) is 0 Å². The standard InChI is InChI=1S/C16H21F3N2S/c1-11-8-12(2)14(22-10-16(17,18)19)9-13(11)20-15-6-4-5-7-21(15)3/h8-9H,4-7,10H2,1-3H3/b20-15+. The van der Waals surface area contributed by atoms with Crippen LogP contribution in [0.2, 0.25) is 0 Å². The van der Waals surface area contributed by atoms with Gasteiger partial charge in [0.1, 0.15) is 5.84 Å². The number of aliphatic imine (C=N–C) groups is 1. The van der Waals surface area contributed by atoms with Gasteiger partial charge in [0, 0.05) is 24.9 Å². The molecule has 0 bridgehead atoms. The van der Waals surface area contributed by atoms with E-state index in [2.05, 4.69) is 4.90 Å². The SMILES string of the molecule is Cc1cc(C)c(SCC(F)(F)F)cc1/N=C1\CCCCN1C. The van der Waals surface area contributed by atoms with Gasteiger partial charge in [-0.3, -0.25) is 0 Å². The molecule has 1 aromatic carbocycles. The normalized spacial score (nSPS) is 18.1. The van der Waals surface area contributed by atoms with Gasteiger partial charge in [-0.1, -0.05) is 6.07 Å². The van der Waals surface area contributed by atoms with Gasteiger partial charge in [-0.25, -0.2) is 4.99 Å². The van der Waals surface area contributed by atoms with Crippen LogP contribution in [0, 0.1) is 13.8 Å². The molecule has 2 rings (SSSR count). The number of thioether (sulfide) groups is 1. The molecular formula is C16H21F3N2S. The van der Waals surface area contributed by atoms with E-state index in [1.54, 1.807) is 6.07 Å². The number of amidine groups is 1. The summed E-state index contributed by atoms with van der Waals surface area (Å²) >= 11 is 0.832. The zero-order valence-electron chi connectivity index (χ0n) is 13.1. The molecule has 0 atom stereocenters. The van der Waals surface area contributed by atoms with Crippen molar-refractivity contribution in [2.24, 2.45) is 4.99 Å². The Kier molecular flexibility index (Phi) is 5.42. The van der Waals surface area contributed by atoms with Crippen LogP contribution in [-0.2, 0) is 0 Å². The molecule has 0 aromatic heterocycles. The molecule has 0 aliphatic carbocycles. The van der Waals surface area contributed by atoms with Crippen molar-refractivity contribution in [3.05, 3.63) is 23.3 Å². The summed E-state index contributed by atoms with van der Waals surface area (Å²) in [4.78, 5) is 7.48. The minimum Gasteiger partial charge on any atom is -0.363 e. The maximum absolute atomic E-state index is 12.4. The fourth-order valence-electron chi connectivity index (χ4n) is 2.49. The van der Waals surface area contributed by atoms with Crippen LogP contribution in [0.4, 0.5) is 18.9 Å². The molecule has 6 heteroatoms. The third kappa shape index (κ3) is 4.66. The van der Waals surface area contributed by atoms with Crippen LogP contribution in [0.3, 0.4) is 0 Å². The number of hydrogen-bond acceptors (Lipinski definition) is 2. The quantitative estimate of drug-likeness (QED) is 0.716. The van der Waals surface area contributed by atoms with Gasteiger partial charge in [-0.05, 0) is 43.9 Å². The van der Waals surface area contributed by atoms with Crippen LogP contribution in [-0.4, -0.2) is 36.3 Å². The number of likely N-dealkylation sites (tertiary alicyclic amines) is 1. The summed E-state index contributed by atoms with van der Waals surface area (Å²) in [6.07, 6.45) is -0.953. The first-order chi connectivity index (χ1) is 10.3. The molecule has 1 aromatic rings. The number of hydrogen-bond donors (Lipinski definition) is 0. The van der Waals surface area contributed by atoms with Gasteiger partial charge < -0.3 is 4.90 Å². The van der Waals surface area contributed by atoms with Crippen LogP contribution in [0.25, 0.3) is 0 Å². The minimum absolute atomic E-state index is 0.653. The van der Waals surface area contributed by atoms with Crippen LogP contribution >= 0.6 is 11.8 Å². The molecule has 1 heterocycles. The second-order valence-corrected chi connectivity index (χ2v) is 6.73. The van der Waals surface area contributed by atoms with Gasteiger partial charge in [-0.15, -0.1) is 11.8 Å². The maximum Gasteiger partial charge on any atom is 0.398 e. The Hall–Kier alpha value is -1.17. The average molecular weight is 330 g/mol. The monoisotopic (exact) mass is 330 g/mol. The van der Waals surface area contributed by atoms with E-state index in [1.807, 2.05) is 27.0 Å². The van der Waals surface area contributed by atoms with Crippen molar-refractivity contribution >= 4 is 23.3 Å². The number of piperidine rings is 1. The predicted octanol–water partition coefficient (Wildman–Crippen LogP) is 5.10. The van der Waals surface area contributed by atoms with E-state index in [1.165, 1.54) is 0 Å². The number of alkyl halides is 3. The predicted molar refractivity (Wildman–Crippen MR) is 86.3 cm³/mol. The van der Waals surface area contributed by atoms with Crippen LogP contribution in [0.15, 0.2) is 22.0 Å². The molecule has 1 aliphatic rings. The molecular weight excluding hydrogens is 309 g/mol. The molecule has 1 fully saturated rings. The zero-order chi connectivity index (χ0) is 16.3. The fraction of sp³-hybridized carbons (Fsp3) is 0.562. The van der Waals surface area contributed by atoms with Gasteiger partial charge in [0.15, 0.2) is 0 Å². The number of rotatable bonds is 3. The molecule has 0 radical (unpaired) electrons. The van der Waals surface area contributed by atoms with E-state index in [4.69, 9.17) is 4.99 Å². The van der Waals surface area contributed by atoms with E-state index >= 15 is 0 Å². The third-order valence-electron chi connectivity index (χ3n) is 3.72. The minimum atomic E-state index is -4.16. The first-order valence-electron chi connectivity index (χ1n) is 7.36. The fourth-order valence-corrected chi connectivity index (χ4v) is 3.29. The molecule has 0 N–H and O–H groups in total. The van der Waals surface area contributed by atoms with Crippen molar-refractivity contribution in [3.63, 3.8) is 0 Å². The molecule has 0 saturated carbocycles. The van der Waals surface area contributed by atoms with Crippen molar-refractivity contribution in [1.82, 2.24) is 4.90 Å². The van der Waals surface area contributed by atoms with E-state index in [0.29, 0.717) is 4.90 Å². The van der Waals surface area contributed by atoms with Crippen molar-refractivity contribution in [2.75, 3.05) is 19.3 Å². The molecule has 0 amide bonds. The Balaban J connectivity index is 2.26. The van der Waals surface area contributed by atoms with Gasteiger partial charge in [-0.2, -0.15) is 13.2 Å². The molecule has 1 aliphatic heterocycles. The summed E-state index contributed by atoms with van der Waals surface area (Å²) < 4.78 is 37.3. The number of benzene rings is 1. The lowest BCUT2D eigenvalue weighted by molar-refractivity contribution is -0.105. The van der Waals surface area contributed by atoms with Crippen molar-refractivity contribution in [2.45, 2.75) is 44.2 Å². The van der Waals surface area contributed by atoms with Crippen molar-refractivity contribution in [3.8, 4) is 0 Å². The van der Waals surface area contributed by atoms with Gasteiger partial charge in [0.2, 0.25) is 0 Å². The lowest BCUT2D eigenvalue weighted by atomic mass is 10.1. The van der Waals surface area contributed by atoms with Gasteiger partial charge in [0.05, 0.1) is 11.4 Å². The Bertz CT molecular complexity index is 567. The lowest BCUT2D eigenvalue weighted by Gasteiger charge is -2.26. The highest BCUT2D eigenvalue weighted by Gasteiger charge is 2.27. The molecule has 1 saturated heterocycles. The second-order valence-electron chi connectivity index (χ2n) is 5.71. The number of aryl methyl sites for hydroxylation is 2. The second kappa shape index (κ2) is 6.94. The number of nitrogens with zero attached hydrogens (tertiary/aromatic N) is 2. The van der Waals surface area contributed by atoms with Crippen molar-refractivity contribution in [1.29, 1.82) is 0 Å². The van der Waals surface area contributed by atoms with E-state index in [-0.39, 0.29) is 0 Å². The van der Waals surface area contributed by atoms with Crippen molar-refractivity contribution < 1.29 is 13.2 Å². The Morgan fingerprint density at radius 3 is 2.55 bits per heavy atom. The van der Waals surface area contributed by atoms with Crippen LogP contribution < -0.4 is 0 Å². The van der Waals surface area contributed by atoms with Crippen LogP contribution in [0.5, 0.6) is 0 Å². The summed E-state index contributed by atoms with van der Waals surface area (Å²) in [6, 6.07) is 3.71. The molecule has 122 valence electrons. The smallest absolute Gasteiger partial charge is 0.363 e. The summed E-state index contributed by atoms with van der Waals surface area (Å²) in [5.74, 6) is 0.150. The molecule has 0 spiro atoms. The molecule has 0 unspecified atom stereocenters. The first-order valence-corrected chi connectivity index (χ1v) is 8.34. The highest BCUT2D eigenvalue weighted by molar-refractivity contribution is 7.99. The van der Waals surface area contributed by atoms with E-state index in [9.17, 15) is 13.2 Å². The summed E-state index contributed by atoms with van der Waals surface area (Å²) in [5.41, 5.74) is 2.65. The number of halogens is 3. The summed E-state index contributed by atoms with van der Waals surface area (Å²) in [6.45, 7) is 4.78. The zero-order valence-corrected chi connectivity index (χ0v) is 13.9. The largest absolute Gasteiger partial charge is 0.398 e. The Morgan fingerprint density at radius 2 is 1.91 bits per heavy atom. The maximum atomic E-state index is 12.4. The van der Waals surface area contributed by atoms with E-state index < -0.39 is 11.9 Å². The average Bonchev–Trinajstić information content (AvgIpc) is 2.41. The molecule has 22 heavy (non-hydrogen) atoms. The van der Waals surface area contributed by atoms with Crippen LogP contribution in [0.1, 0.15) is 30.4 Å². The van der Waals surface area contributed by atoms with E-state index in [0.717, 1.165) is 60.2 Å². The lowest BCUT2D eigenvalue weighted by Crippen LogP contribution is -2.31. The third-order valence-corrected chi connectivity index (χ3v) is 4.94. The summed E-state index contributed by atoms with van der Waals surface area (Å²) in [7, 11) is 2.01. The topological polar surface area (TPSA) is 15.6 Å². The Labute approximate surface area is 133 Å². The van der Waals surface area contributed by atoms with Gasteiger partial charge >= 0.3 is 6.18 Å². The Morgan fingerprint density at radius 1 is 1.18 bits per heavy atom. The first kappa shape index (κ1) is 17.2. The molecule has 2 nitrogen and oxygen atoms in total. The highest BCUT2D eigenvalue weighted by atomic mass is 32.2. The highest BCUT2D eigenvalue weighted by Crippen LogP contribution is 2.34. The summed E-state index contributed by atoms with van der Waals surface area (Å²) in [5, 5.41) is 0.